The quantitative estimate of drug-likeness (QED) is 0.623. The fourth-order valence-corrected chi connectivity index (χ4v) is 2.24. The molecule has 0 aliphatic rings. The third-order valence-electron chi connectivity index (χ3n) is 3.65. The summed E-state index contributed by atoms with van der Waals surface area (Å²) >= 11 is 0. The summed E-state index contributed by atoms with van der Waals surface area (Å²) in [6.45, 7) is 5.94. The maximum Gasteiger partial charge on any atom is 0.358 e. The Hall–Kier alpha value is -3.29. The first kappa shape index (κ1) is 17.5. The van der Waals surface area contributed by atoms with Crippen LogP contribution in [0.25, 0.3) is 11.3 Å². The first-order valence-electron chi connectivity index (χ1n) is 8.08. The lowest BCUT2D eigenvalue weighted by molar-refractivity contribution is 0.0518. The van der Waals surface area contributed by atoms with Crippen LogP contribution in [0.15, 0.2) is 35.2 Å². The number of aromatic nitrogens is 4. The Bertz CT molecular complexity index is 889. The van der Waals surface area contributed by atoms with Crippen LogP contribution in [0.2, 0.25) is 0 Å². The standard InChI is InChI=1S/C18H18N4O4/c1-4-24-18(23)15-8-21-16(9-20-15)25-10-14-12(3)26-22-17(14)13-6-5-11(2)19-7-13/h5-9H,4,10H2,1-3H3. The summed E-state index contributed by atoms with van der Waals surface area (Å²) in [4.78, 5) is 23.9. The molecule has 0 aliphatic carbocycles. The second-order valence-corrected chi connectivity index (χ2v) is 5.50. The summed E-state index contributed by atoms with van der Waals surface area (Å²) in [5, 5.41) is 4.09. The number of esters is 1. The van der Waals surface area contributed by atoms with Gasteiger partial charge in [-0.2, -0.15) is 0 Å². The Morgan fingerprint density at radius 2 is 1.96 bits per heavy atom. The highest BCUT2D eigenvalue weighted by Gasteiger charge is 2.16. The number of hydrogen-bond acceptors (Lipinski definition) is 8. The van der Waals surface area contributed by atoms with E-state index in [0.29, 0.717) is 11.5 Å². The number of ether oxygens (including phenoxy) is 2. The fraction of sp³-hybridized carbons (Fsp3) is 0.278. The zero-order valence-electron chi connectivity index (χ0n) is 14.7. The highest BCUT2D eigenvalue weighted by molar-refractivity contribution is 5.86. The summed E-state index contributed by atoms with van der Waals surface area (Å²) in [7, 11) is 0. The van der Waals surface area contributed by atoms with Gasteiger partial charge in [-0.1, -0.05) is 5.16 Å². The summed E-state index contributed by atoms with van der Waals surface area (Å²) < 4.78 is 15.8. The van der Waals surface area contributed by atoms with Crippen LogP contribution < -0.4 is 4.74 Å². The van der Waals surface area contributed by atoms with Crippen LogP contribution in [0.5, 0.6) is 5.88 Å². The van der Waals surface area contributed by atoms with Crippen LogP contribution in [0.1, 0.15) is 34.4 Å². The van der Waals surface area contributed by atoms with Gasteiger partial charge in [0.1, 0.15) is 18.1 Å². The predicted octanol–water partition coefficient (Wildman–Crippen LogP) is 2.90. The van der Waals surface area contributed by atoms with Crippen molar-refractivity contribution in [3.8, 4) is 17.1 Å². The third kappa shape index (κ3) is 3.85. The maximum absolute atomic E-state index is 11.6. The molecule has 0 aliphatic heterocycles. The van der Waals surface area contributed by atoms with Gasteiger partial charge in [0.25, 0.3) is 0 Å². The highest BCUT2D eigenvalue weighted by Crippen LogP contribution is 2.25. The number of pyridine rings is 1. The molecule has 0 bridgehead atoms. The van der Waals surface area contributed by atoms with E-state index in [-0.39, 0.29) is 24.8 Å². The van der Waals surface area contributed by atoms with Gasteiger partial charge in [-0.3, -0.25) is 4.98 Å². The van der Waals surface area contributed by atoms with Crippen LogP contribution in [0.4, 0.5) is 0 Å². The number of rotatable bonds is 6. The van der Waals surface area contributed by atoms with Crippen LogP contribution in [0, 0.1) is 13.8 Å². The van der Waals surface area contributed by atoms with Gasteiger partial charge in [0.2, 0.25) is 5.88 Å². The lowest BCUT2D eigenvalue weighted by Crippen LogP contribution is -2.08. The number of nitrogens with zero attached hydrogens (tertiary/aromatic N) is 4. The number of carbonyl (C=O) groups excluding carboxylic acids is 1. The molecule has 0 fully saturated rings. The third-order valence-corrected chi connectivity index (χ3v) is 3.65. The van der Waals surface area contributed by atoms with E-state index in [1.54, 1.807) is 13.1 Å². The van der Waals surface area contributed by atoms with E-state index in [9.17, 15) is 4.79 Å². The first-order valence-corrected chi connectivity index (χ1v) is 8.08. The van der Waals surface area contributed by atoms with Gasteiger partial charge >= 0.3 is 5.97 Å². The van der Waals surface area contributed by atoms with E-state index in [0.717, 1.165) is 16.8 Å². The minimum atomic E-state index is -0.518. The molecule has 0 atom stereocenters. The minimum Gasteiger partial charge on any atom is -0.471 e. The van der Waals surface area contributed by atoms with E-state index < -0.39 is 5.97 Å². The normalized spacial score (nSPS) is 10.6. The molecule has 0 radical (unpaired) electrons. The van der Waals surface area contributed by atoms with Crippen LogP contribution in [-0.4, -0.2) is 32.7 Å². The zero-order chi connectivity index (χ0) is 18.5. The molecule has 0 aromatic carbocycles. The lowest BCUT2D eigenvalue weighted by atomic mass is 10.1. The summed E-state index contributed by atoms with van der Waals surface area (Å²) in [5.41, 5.74) is 3.36. The van der Waals surface area contributed by atoms with Gasteiger partial charge in [-0.25, -0.2) is 14.8 Å². The van der Waals surface area contributed by atoms with E-state index in [1.165, 1.54) is 12.4 Å². The molecule has 3 aromatic heterocycles. The van der Waals surface area contributed by atoms with Crippen LogP contribution in [0.3, 0.4) is 0 Å². The van der Waals surface area contributed by atoms with Crippen LogP contribution in [-0.2, 0) is 11.3 Å². The Morgan fingerprint density at radius 3 is 2.62 bits per heavy atom. The van der Waals surface area contributed by atoms with Gasteiger partial charge in [0.05, 0.1) is 24.6 Å². The number of aryl methyl sites for hydroxylation is 2. The van der Waals surface area contributed by atoms with Crippen molar-refractivity contribution in [1.29, 1.82) is 0 Å². The summed E-state index contributed by atoms with van der Waals surface area (Å²) in [5.74, 6) is 0.416. The van der Waals surface area contributed by atoms with E-state index in [2.05, 4.69) is 20.1 Å². The monoisotopic (exact) mass is 354 g/mol. The molecule has 3 heterocycles. The number of hydrogen-bond donors (Lipinski definition) is 0. The molecule has 0 unspecified atom stereocenters. The van der Waals surface area contributed by atoms with Crippen molar-refractivity contribution in [2.24, 2.45) is 0 Å². The van der Waals surface area contributed by atoms with E-state index in [4.69, 9.17) is 14.0 Å². The maximum atomic E-state index is 11.6. The molecule has 0 saturated carbocycles. The van der Waals surface area contributed by atoms with Crippen molar-refractivity contribution >= 4 is 5.97 Å². The molecule has 0 amide bonds. The topological polar surface area (TPSA) is 100 Å². The Balaban J connectivity index is 1.73. The molecule has 0 saturated heterocycles. The molecule has 8 nitrogen and oxygen atoms in total. The minimum absolute atomic E-state index is 0.131. The Kier molecular flexibility index (Phi) is 5.21. The number of carbonyl (C=O) groups is 1. The van der Waals surface area contributed by atoms with Crippen LogP contribution >= 0.6 is 0 Å². The van der Waals surface area contributed by atoms with Gasteiger partial charge < -0.3 is 14.0 Å². The highest BCUT2D eigenvalue weighted by atomic mass is 16.5. The van der Waals surface area contributed by atoms with Crippen molar-refractivity contribution in [3.63, 3.8) is 0 Å². The summed E-state index contributed by atoms with van der Waals surface area (Å²) in [6.07, 6.45) is 4.44. The molecule has 3 aromatic rings. The molecular weight excluding hydrogens is 336 g/mol. The lowest BCUT2D eigenvalue weighted by Gasteiger charge is -2.06. The van der Waals surface area contributed by atoms with Gasteiger partial charge in [0.15, 0.2) is 5.69 Å². The van der Waals surface area contributed by atoms with Crippen molar-refractivity contribution in [2.75, 3.05) is 6.61 Å². The molecule has 134 valence electrons. The Labute approximate surface area is 150 Å². The van der Waals surface area contributed by atoms with Crippen molar-refractivity contribution in [2.45, 2.75) is 27.4 Å². The average Bonchev–Trinajstić information content (AvgIpc) is 3.02. The molecular formula is C18H18N4O4. The van der Waals surface area contributed by atoms with Crippen molar-refractivity contribution in [1.82, 2.24) is 20.1 Å². The Morgan fingerprint density at radius 1 is 1.12 bits per heavy atom. The van der Waals surface area contributed by atoms with E-state index >= 15 is 0 Å². The van der Waals surface area contributed by atoms with Crippen molar-refractivity contribution in [3.05, 3.63) is 53.4 Å². The van der Waals surface area contributed by atoms with Crippen molar-refractivity contribution < 1.29 is 18.8 Å². The second kappa shape index (κ2) is 7.73. The zero-order valence-corrected chi connectivity index (χ0v) is 14.7. The summed E-state index contributed by atoms with van der Waals surface area (Å²) in [6, 6.07) is 3.83. The molecule has 3 rings (SSSR count). The second-order valence-electron chi connectivity index (χ2n) is 5.50. The van der Waals surface area contributed by atoms with E-state index in [1.807, 2.05) is 26.0 Å². The molecule has 0 N–H and O–H groups in total. The molecule has 26 heavy (non-hydrogen) atoms. The predicted molar refractivity (Wildman–Crippen MR) is 91.5 cm³/mol. The molecule has 0 spiro atoms. The molecule has 8 heteroatoms. The first-order chi connectivity index (χ1) is 12.6. The van der Waals surface area contributed by atoms with Gasteiger partial charge in [-0.05, 0) is 32.9 Å². The average molecular weight is 354 g/mol. The smallest absolute Gasteiger partial charge is 0.358 e. The fourth-order valence-electron chi connectivity index (χ4n) is 2.24. The SMILES string of the molecule is CCOC(=O)c1cnc(OCc2c(-c3ccc(C)nc3)noc2C)cn1. The largest absolute Gasteiger partial charge is 0.471 e. The van der Waals surface area contributed by atoms with Gasteiger partial charge in [-0.15, -0.1) is 0 Å². The van der Waals surface area contributed by atoms with Gasteiger partial charge in [0, 0.05) is 17.5 Å².